The van der Waals surface area contributed by atoms with Gasteiger partial charge >= 0.3 is 6.18 Å². The second kappa shape index (κ2) is 8.08. The molecule has 0 bridgehead atoms. The minimum absolute atomic E-state index is 0.0937. The van der Waals surface area contributed by atoms with E-state index < -0.39 is 21.8 Å². The summed E-state index contributed by atoms with van der Waals surface area (Å²) in [6.07, 6.45) is 2.30. The van der Waals surface area contributed by atoms with Crippen LogP contribution < -0.4 is 9.04 Å². The number of methoxy groups -OCH3 is 1. The Morgan fingerprint density at radius 2 is 1.69 bits per heavy atom. The van der Waals surface area contributed by atoms with Crippen LogP contribution in [0.2, 0.25) is 0 Å². The molecule has 0 amide bonds. The fraction of sp³-hybridized carbons (Fsp3) is 0.0952. The maximum atomic E-state index is 13.7. The second-order valence-corrected chi connectivity index (χ2v) is 8.39. The first-order valence-electron chi connectivity index (χ1n) is 9.12. The summed E-state index contributed by atoms with van der Waals surface area (Å²) in [5, 5.41) is 1.35. The first-order valence-corrected chi connectivity index (χ1v) is 10.6. The largest absolute Gasteiger partial charge is 0.495 e. The molecule has 4 rings (SSSR count). The van der Waals surface area contributed by atoms with Crippen molar-refractivity contribution >= 4 is 32.3 Å². The van der Waals surface area contributed by atoms with Crippen molar-refractivity contribution in [1.29, 1.82) is 0 Å². The SMILES string of the molecule is COc1cc(C(F)(F)F)ccc1N(c1cnccn1)S(=O)(=O)c1ccc2cnccc2c1. The Morgan fingerprint density at radius 3 is 2.38 bits per heavy atom. The van der Waals surface area contributed by atoms with Crippen LogP contribution in [0.1, 0.15) is 5.56 Å². The van der Waals surface area contributed by atoms with Gasteiger partial charge in [-0.3, -0.25) is 9.97 Å². The summed E-state index contributed by atoms with van der Waals surface area (Å²) in [6.45, 7) is 0. The first kappa shape index (κ1) is 21.5. The predicted octanol–water partition coefficient (Wildman–Crippen LogP) is 4.58. The first-order chi connectivity index (χ1) is 15.2. The number of nitrogens with zero attached hydrogens (tertiary/aromatic N) is 4. The molecule has 11 heteroatoms. The van der Waals surface area contributed by atoms with E-state index in [-0.39, 0.29) is 22.2 Å². The summed E-state index contributed by atoms with van der Waals surface area (Å²) in [6, 6.07) is 8.63. The topological polar surface area (TPSA) is 85.3 Å². The van der Waals surface area contributed by atoms with Crippen LogP contribution in [0.25, 0.3) is 10.8 Å². The number of halogens is 3. The average molecular weight is 460 g/mol. The summed E-state index contributed by atoms with van der Waals surface area (Å²) >= 11 is 0. The third-order valence-electron chi connectivity index (χ3n) is 4.63. The van der Waals surface area contributed by atoms with Crippen LogP contribution in [0, 0.1) is 0 Å². The molecule has 0 spiro atoms. The number of sulfonamides is 1. The molecule has 0 aliphatic heterocycles. The highest BCUT2D eigenvalue weighted by atomic mass is 32.2. The smallest absolute Gasteiger partial charge is 0.416 e. The molecule has 7 nitrogen and oxygen atoms in total. The molecule has 0 aliphatic carbocycles. The van der Waals surface area contributed by atoms with Crippen LogP contribution >= 0.6 is 0 Å². The summed E-state index contributed by atoms with van der Waals surface area (Å²) in [7, 11) is -3.17. The molecule has 0 fully saturated rings. The van der Waals surface area contributed by atoms with E-state index in [1.807, 2.05) is 0 Å². The number of hydrogen-bond acceptors (Lipinski definition) is 6. The lowest BCUT2D eigenvalue weighted by Gasteiger charge is -2.25. The van der Waals surface area contributed by atoms with Crippen molar-refractivity contribution < 1.29 is 26.3 Å². The van der Waals surface area contributed by atoms with Crippen LogP contribution in [0.3, 0.4) is 0 Å². The van der Waals surface area contributed by atoms with Gasteiger partial charge in [-0.25, -0.2) is 17.7 Å². The summed E-state index contributed by atoms with van der Waals surface area (Å²) in [5.74, 6) is -0.403. The van der Waals surface area contributed by atoms with Crippen LogP contribution in [-0.2, 0) is 16.2 Å². The van der Waals surface area contributed by atoms with Gasteiger partial charge in [0.1, 0.15) is 11.4 Å². The third-order valence-corrected chi connectivity index (χ3v) is 6.35. The van der Waals surface area contributed by atoms with Crippen molar-refractivity contribution in [3.63, 3.8) is 0 Å². The maximum Gasteiger partial charge on any atom is 0.416 e. The number of hydrogen-bond donors (Lipinski definition) is 0. The number of anilines is 2. The maximum absolute atomic E-state index is 13.7. The monoisotopic (exact) mass is 460 g/mol. The molecule has 4 aromatic rings. The van der Waals surface area contributed by atoms with E-state index in [2.05, 4.69) is 15.0 Å². The van der Waals surface area contributed by atoms with E-state index in [4.69, 9.17) is 4.74 Å². The van der Waals surface area contributed by atoms with E-state index in [1.54, 1.807) is 18.3 Å². The fourth-order valence-electron chi connectivity index (χ4n) is 3.12. The lowest BCUT2D eigenvalue weighted by atomic mass is 10.2. The number of pyridine rings is 1. The van der Waals surface area contributed by atoms with Gasteiger partial charge < -0.3 is 4.74 Å². The summed E-state index contributed by atoms with van der Waals surface area (Å²) < 4.78 is 72.9. The van der Waals surface area contributed by atoms with Gasteiger partial charge in [0.25, 0.3) is 10.0 Å². The van der Waals surface area contributed by atoms with E-state index in [0.717, 1.165) is 35.0 Å². The van der Waals surface area contributed by atoms with Crippen LogP contribution in [0.5, 0.6) is 5.75 Å². The van der Waals surface area contributed by atoms with Gasteiger partial charge in [0.15, 0.2) is 5.82 Å². The Balaban J connectivity index is 1.94. The van der Waals surface area contributed by atoms with Crippen molar-refractivity contribution in [2.75, 3.05) is 11.4 Å². The highest BCUT2D eigenvalue weighted by Gasteiger charge is 2.35. The van der Waals surface area contributed by atoms with E-state index in [9.17, 15) is 21.6 Å². The van der Waals surface area contributed by atoms with Crippen molar-refractivity contribution in [3.05, 3.63) is 79.0 Å². The number of ether oxygens (including phenoxy) is 1. The Kier molecular flexibility index (Phi) is 5.43. The van der Waals surface area contributed by atoms with Crippen LogP contribution in [-0.4, -0.2) is 30.5 Å². The fourth-order valence-corrected chi connectivity index (χ4v) is 4.60. The number of benzene rings is 2. The minimum Gasteiger partial charge on any atom is -0.495 e. The van der Waals surface area contributed by atoms with Crippen molar-refractivity contribution in [2.24, 2.45) is 0 Å². The van der Waals surface area contributed by atoms with Crippen LogP contribution in [0.15, 0.2) is 78.3 Å². The van der Waals surface area contributed by atoms with Crippen molar-refractivity contribution in [2.45, 2.75) is 11.1 Å². The van der Waals surface area contributed by atoms with Crippen molar-refractivity contribution in [1.82, 2.24) is 15.0 Å². The molecule has 32 heavy (non-hydrogen) atoms. The zero-order valence-electron chi connectivity index (χ0n) is 16.5. The Labute approximate surface area is 181 Å². The number of aromatic nitrogens is 3. The standard InChI is InChI=1S/C21H15F3N4O3S/c1-31-19-11-16(21(22,23)24)3-5-18(19)28(20-13-26-8-9-27-20)32(29,30)17-4-2-15-12-25-7-6-14(15)10-17/h2-13H,1H3. The molecular weight excluding hydrogens is 445 g/mol. The van der Waals surface area contributed by atoms with Gasteiger partial charge in [-0.05, 0) is 41.8 Å². The molecule has 0 saturated heterocycles. The normalized spacial score (nSPS) is 12.0. The van der Waals surface area contributed by atoms with Gasteiger partial charge in [0.05, 0.1) is 23.8 Å². The predicted molar refractivity (Wildman–Crippen MR) is 111 cm³/mol. The Hall–Kier alpha value is -3.73. The Morgan fingerprint density at radius 1 is 0.906 bits per heavy atom. The lowest BCUT2D eigenvalue weighted by molar-refractivity contribution is -0.137. The molecule has 2 heterocycles. The number of fused-ring (bicyclic) bond motifs is 1. The molecule has 2 aromatic carbocycles. The van der Waals surface area contributed by atoms with E-state index >= 15 is 0 Å². The zero-order valence-corrected chi connectivity index (χ0v) is 17.3. The molecule has 0 saturated carbocycles. The molecule has 0 aliphatic rings. The lowest BCUT2D eigenvalue weighted by Crippen LogP contribution is -2.28. The molecular formula is C21H15F3N4O3S. The average Bonchev–Trinajstić information content (AvgIpc) is 2.79. The van der Waals surface area contributed by atoms with Crippen LogP contribution in [0.4, 0.5) is 24.7 Å². The van der Waals surface area contributed by atoms with Gasteiger partial charge in [-0.2, -0.15) is 13.2 Å². The number of alkyl halides is 3. The second-order valence-electron chi connectivity index (χ2n) is 6.60. The molecule has 164 valence electrons. The highest BCUT2D eigenvalue weighted by Crippen LogP contribution is 2.41. The quantitative estimate of drug-likeness (QED) is 0.434. The van der Waals surface area contributed by atoms with Gasteiger partial charge in [0, 0.05) is 30.2 Å². The van der Waals surface area contributed by atoms with Crippen molar-refractivity contribution in [3.8, 4) is 5.75 Å². The summed E-state index contributed by atoms with van der Waals surface area (Å²) in [5.41, 5.74) is -1.12. The minimum atomic E-state index is -4.63. The highest BCUT2D eigenvalue weighted by molar-refractivity contribution is 7.93. The van der Waals surface area contributed by atoms with Gasteiger partial charge in [-0.15, -0.1) is 0 Å². The number of rotatable bonds is 5. The molecule has 0 radical (unpaired) electrons. The third kappa shape index (κ3) is 3.94. The molecule has 0 N–H and O–H groups in total. The molecule has 2 aromatic heterocycles. The summed E-state index contributed by atoms with van der Waals surface area (Å²) in [4.78, 5) is 11.9. The molecule has 0 atom stereocenters. The van der Waals surface area contributed by atoms with E-state index in [0.29, 0.717) is 5.39 Å². The zero-order chi connectivity index (χ0) is 22.9. The van der Waals surface area contributed by atoms with E-state index in [1.165, 1.54) is 36.9 Å². The van der Waals surface area contributed by atoms with Gasteiger partial charge in [0.2, 0.25) is 0 Å². The molecule has 0 unspecified atom stereocenters. The van der Waals surface area contributed by atoms with Gasteiger partial charge in [-0.1, -0.05) is 6.07 Å². The Bertz CT molecular complexity index is 1380.